The second kappa shape index (κ2) is 8.76. The molecule has 10 heteroatoms. The number of imidazole rings is 1. The van der Waals surface area contributed by atoms with Crippen LogP contribution in [0.2, 0.25) is 5.02 Å². The molecule has 1 atom stereocenters. The highest BCUT2D eigenvalue weighted by Crippen LogP contribution is 2.33. The topological polar surface area (TPSA) is 99.9 Å². The van der Waals surface area contributed by atoms with Crippen LogP contribution in [-0.2, 0) is 24.3 Å². The van der Waals surface area contributed by atoms with Crippen LogP contribution in [0.25, 0.3) is 11.4 Å². The van der Waals surface area contributed by atoms with Crippen LogP contribution < -0.4 is 5.32 Å². The van der Waals surface area contributed by atoms with Crippen molar-refractivity contribution in [1.82, 2.24) is 25.0 Å². The predicted octanol–water partition coefficient (Wildman–Crippen LogP) is 4.51. The minimum absolute atomic E-state index is 0.00187. The standard InChI is InChI=1S/C23H20ClFN6O2/c1-13(32)28-16-5-2-14(3-6-16)10-31-11-20-19(26-12-27-20)9-21(31)23-29-22(30-33-23)15-4-7-18(25)17(24)8-15/h2-8,12,21H,9-11H2,1H3,(H,26,27)(H,28,32). The average molecular weight is 467 g/mol. The van der Waals surface area contributed by atoms with Gasteiger partial charge in [-0.15, -0.1) is 0 Å². The fourth-order valence-corrected chi connectivity index (χ4v) is 4.13. The van der Waals surface area contributed by atoms with E-state index >= 15 is 0 Å². The highest BCUT2D eigenvalue weighted by Gasteiger charge is 2.33. The first-order chi connectivity index (χ1) is 16.0. The number of H-pyrrole nitrogens is 1. The lowest BCUT2D eigenvalue weighted by Crippen LogP contribution is -2.34. The maximum atomic E-state index is 13.5. The molecule has 168 valence electrons. The van der Waals surface area contributed by atoms with Crippen LogP contribution in [0, 0.1) is 5.82 Å². The van der Waals surface area contributed by atoms with Crippen LogP contribution in [-0.4, -0.2) is 30.9 Å². The molecule has 2 N–H and O–H groups in total. The molecule has 2 aromatic carbocycles. The highest BCUT2D eigenvalue weighted by molar-refractivity contribution is 6.31. The molecule has 0 aliphatic carbocycles. The molecule has 1 aliphatic heterocycles. The Labute approximate surface area is 193 Å². The molecule has 0 saturated carbocycles. The van der Waals surface area contributed by atoms with E-state index in [1.54, 1.807) is 12.4 Å². The van der Waals surface area contributed by atoms with E-state index in [2.05, 4.69) is 30.3 Å². The van der Waals surface area contributed by atoms with Gasteiger partial charge in [0.25, 0.3) is 0 Å². The van der Waals surface area contributed by atoms with E-state index in [0.29, 0.717) is 36.8 Å². The summed E-state index contributed by atoms with van der Waals surface area (Å²) in [6.45, 7) is 2.74. The zero-order valence-corrected chi connectivity index (χ0v) is 18.4. The van der Waals surface area contributed by atoms with E-state index in [4.69, 9.17) is 16.1 Å². The largest absolute Gasteiger partial charge is 0.347 e. The monoisotopic (exact) mass is 466 g/mol. The van der Waals surface area contributed by atoms with Gasteiger partial charge in [-0.3, -0.25) is 9.69 Å². The van der Waals surface area contributed by atoms with Crippen molar-refractivity contribution in [3.05, 3.63) is 82.5 Å². The Morgan fingerprint density at radius 3 is 2.88 bits per heavy atom. The van der Waals surface area contributed by atoms with Crippen LogP contribution in [0.4, 0.5) is 10.1 Å². The third-order valence-electron chi connectivity index (χ3n) is 5.56. The van der Waals surface area contributed by atoms with Crippen molar-refractivity contribution in [2.75, 3.05) is 5.32 Å². The van der Waals surface area contributed by atoms with Gasteiger partial charge >= 0.3 is 0 Å². The molecule has 0 fully saturated rings. The summed E-state index contributed by atoms with van der Waals surface area (Å²) >= 11 is 5.91. The number of carbonyl (C=O) groups is 1. The quantitative estimate of drug-likeness (QED) is 0.449. The van der Waals surface area contributed by atoms with Gasteiger partial charge in [0.1, 0.15) is 5.82 Å². The molecule has 1 unspecified atom stereocenters. The maximum absolute atomic E-state index is 13.5. The van der Waals surface area contributed by atoms with Gasteiger partial charge in [0.15, 0.2) is 0 Å². The Morgan fingerprint density at radius 1 is 1.30 bits per heavy atom. The summed E-state index contributed by atoms with van der Waals surface area (Å²) in [6, 6.07) is 11.8. The van der Waals surface area contributed by atoms with Gasteiger partial charge in [-0.1, -0.05) is 28.9 Å². The van der Waals surface area contributed by atoms with Crippen molar-refractivity contribution >= 4 is 23.2 Å². The van der Waals surface area contributed by atoms with Crippen molar-refractivity contribution in [3.63, 3.8) is 0 Å². The molecule has 4 aromatic rings. The highest BCUT2D eigenvalue weighted by atomic mass is 35.5. The van der Waals surface area contributed by atoms with Gasteiger partial charge in [-0.25, -0.2) is 9.37 Å². The summed E-state index contributed by atoms with van der Waals surface area (Å²) < 4.78 is 19.2. The Kier molecular flexibility index (Phi) is 5.65. The maximum Gasteiger partial charge on any atom is 0.244 e. The van der Waals surface area contributed by atoms with Gasteiger partial charge in [-0.2, -0.15) is 4.98 Å². The first kappa shape index (κ1) is 21.3. The molecule has 5 rings (SSSR count). The Hall–Kier alpha value is -3.56. The van der Waals surface area contributed by atoms with Gasteiger partial charge in [-0.05, 0) is 35.9 Å². The Bertz CT molecular complexity index is 1300. The number of anilines is 1. The molecule has 1 aliphatic rings. The van der Waals surface area contributed by atoms with E-state index in [1.165, 1.54) is 19.1 Å². The lowest BCUT2D eigenvalue weighted by molar-refractivity contribution is -0.114. The Balaban J connectivity index is 1.41. The van der Waals surface area contributed by atoms with Crippen LogP contribution in [0.15, 0.2) is 53.3 Å². The third kappa shape index (κ3) is 4.50. The predicted molar refractivity (Wildman–Crippen MR) is 120 cm³/mol. The number of nitrogens with one attached hydrogen (secondary N) is 2. The molecule has 8 nitrogen and oxygen atoms in total. The number of hydrogen-bond acceptors (Lipinski definition) is 6. The molecule has 0 saturated heterocycles. The average Bonchev–Trinajstić information content (AvgIpc) is 3.45. The number of hydrogen-bond donors (Lipinski definition) is 2. The van der Waals surface area contributed by atoms with Crippen molar-refractivity contribution < 1.29 is 13.7 Å². The zero-order chi connectivity index (χ0) is 22.9. The van der Waals surface area contributed by atoms with Crippen molar-refractivity contribution in [2.45, 2.75) is 32.5 Å². The third-order valence-corrected chi connectivity index (χ3v) is 5.85. The summed E-state index contributed by atoms with van der Waals surface area (Å²) in [5, 5.41) is 6.87. The zero-order valence-electron chi connectivity index (χ0n) is 17.7. The first-order valence-corrected chi connectivity index (χ1v) is 10.7. The number of benzene rings is 2. The number of amides is 1. The number of fused-ring (bicyclic) bond motifs is 1. The minimum atomic E-state index is -0.502. The number of carbonyl (C=O) groups excluding carboxylic acids is 1. The molecule has 3 heterocycles. The summed E-state index contributed by atoms with van der Waals surface area (Å²) in [6.07, 6.45) is 2.29. The van der Waals surface area contributed by atoms with Crippen LogP contribution in [0.3, 0.4) is 0 Å². The van der Waals surface area contributed by atoms with Crippen molar-refractivity contribution in [2.24, 2.45) is 0 Å². The van der Waals surface area contributed by atoms with Gasteiger partial charge in [0.2, 0.25) is 17.6 Å². The number of halogens is 2. The SMILES string of the molecule is CC(=O)Nc1ccc(CN2Cc3[nH]cnc3CC2c2nc(-c3ccc(F)c(Cl)c3)no2)cc1. The molecule has 2 aromatic heterocycles. The molecule has 0 spiro atoms. The number of aromatic amines is 1. The van der Waals surface area contributed by atoms with E-state index < -0.39 is 5.82 Å². The summed E-state index contributed by atoms with van der Waals surface area (Å²) in [4.78, 5) is 25.7. The normalized spacial score (nSPS) is 15.9. The van der Waals surface area contributed by atoms with Gasteiger partial charge in [0.05, 0.1) is 28.8 Å². The smallest absolute Gasteiger partial charge is 0.244 e. The first-order valence-electron chi connectivity index (χ1n) is 10.4. The van der Waals surface area contributed by atoms with E-state index in [9.17, 15) is 9.18 Å². The lowest BCUT2D eigenvalue weighted by Gasteiger charge is -2.32. The summed E-state index contributed by atoms with van der Waals surface area (Å²) in [7, 11) is 0. The van der Waals surface area contributed by atoms with Crippen LogP contribution in [0.1, 0.15) is 35.8 Å². The van der Waals surface area contributed by atoms with E-state index in [-0.39, 0.29) is 17.0 Å². The minimum Gasteiger partial charge on any atom is -0.347 e. The fraction of sp³-hybridized carbons (Fsp3) is 0.217. The van der Waals surface area contributed by atoms with Gasteiger partial charge < -0.3 is 14.8 Å². The molecule has 1 amide bonds. The second-order valence-corrected chi connectivity index (χ2v) is 8.32. The second-order valence-electron chi connectivity index (χ2n) is 7.92. The Morgan fingerprint density at radius 2 is 2.12 bits per heavy atom. The van der Waals surface area contributed by atoms with Crippen LogP contribution in [0.5, 0.6) is 0 Å². The summed E-state index contributed by atoms with van der Waals surface area (Å²) in [5.74, 6) is 0.187. The van der Waals surface area contributed by atoms with Gasteiger partial charge in [0, 0.05) is 37.7 Å². The van der Waals surface area contributed by atoms with E-state index in [1.807, 2.05) is 24.3 Å². The van der Waals surface area contributed by atoms with Crippen molar-refractivity contribution in [1.29, 1.82) is 0 Å². The molecule has 0 radical (unpaired) electrons. The van der Waals surface area contributed by atoms with Crippen LogP contribution >= 0.6 is 11.6 Å². The lowest BCUT2D eigenvalue weighted by atomic mass is 10.0. The fourth-order valence-electron chi connectivity index (χ4n) is 3.95. The number of nitrogens with zero attached hydrogens (tertiary/aromatic N) is 4. The van der Waals surface area contributed by atoms with Crippen molar-refractivity contribution in [3.8, 4) is 11.4 Å². The molecular weight excluding hydrogens is 447 g/mol. The number of aromatic nitrogens is 4. The molecular formula is C23H20ClFN6O2. The molecule has 33 heavy (non-hydrogen) atoms. The number of rotatable bonds is 5. The summed E-state index contributed by atoms with van der Waals surface area (Å²) in [5.41, 5.74) is 4.40. The molecule has 0 bridgehead atoms. The van der Waals surface area contributed by atoms with E-state index in [0.717, 1.165) is 22.6 Å².